The maximum absolute atomic E-state index is 13.9. The van der Waals surface area contributed by atoms with Crippen LogP contribution in [0.25, 0.3) is 0 Å². The number of aliphatic hydroxyl groups is 3. The summed E-state index contributed by atoms with van der Waals surface area (Å²) in [6.45, 7) is 1.40. The zero-order chi connectivity index (χ0) is 29.4. The van der Waals surface area contributed by atoms with Crippen molar-refractivity contribution in [2.45, 2.75) is 31.4 Å². The lowest BCUT2D eigenvalue weighted by atomic mass is 9.58. The minimum Gasteiger partial charge on any atom is -0.510 e. The molecule has 0 aromatic heterocycles. The Balaban J connectivity index is 0.00000441. The number of nitrogens with zero attached hydrogens (tertiary/aromatic N) is 2. The Morgan fingerprint density at radius 1 is 1.18 bits per heavy atom. The first-order valence-corrected chi connectivity index (χ1v) is 13.9. The smallest absolute Gasteiger partial charge is 0.255 e. The van der Waals surface area contributed by atoms with Gasteiger partial charge in [0.05, 0.1) is 23.0 Å². The highest BCUT2D eigenvalue weighted by atomic mass is 35.5. The zero-order valence-corrected chi connectivity index (χ0v) is 24.2. The molecule has 15 heteroatoms. The van der Waals surface area contributed by atoms with Gasteiger partial charge in [-0.15, -0.1) is 12.4 Å². The summed E-state index contributed by atoms with van der Waals surface area (Å²) in [6, 6.07) is 0.311. The van der Waals surface area contributed by atoms with E-state index in [0.29, 0.717) is 11.3 Å². The van der Waals surface area contributed by atoms with Gasteiger partial charge in [-0.05, 0) is 51.4 Å². The predicted octanol–water partition coefficient (Wildman–Crippen LogP) is 0.370. The number of ketones is 2. The number of hydrogen-bond acceptors (Lipinski definition) is 11. The van der Waals surface area contributed by atoms with Crippen LogP contribution in [0.15, 0.2) is 28.7 Å². The number of Topliss-reactive ketones (excluding diaryl/α,β-unsaturated/α-hetero) is 2. The van der Waals surface area contributed by atoms with E-state index >= 15 is 0 Å². The Kier molecular flexibility index (Phi) is 8.00. The number of sulfonamides is 1. The van der Waals surface area contributed by atoms with E-state index in [1.165, 1.54) is 17.9 Å². The minimum atomic E-state index is -3.85. The molecule has 0 saturated carbocycles. The number of rotatable bonds is 6. The van der Waals surface area contributed by atoms with Crippen LogP contribution in [-0.4, -0.2) is 96.8 Å². The molecular formula is C25H33ClN4O9S. The van der Waals surface area contributed by atoms with Crippen LogP contribution >= 0.6 is 12.4 Å². The molecule has 0 spiro atoms. The average Bonchev–Trinajstić information content (AvgIpc) is 2.82. The number of primary amides is 1. The number of allylic oxidation sites excluding steroid dienone is 1. The highest BCUT2D eigenvalue weighted by Gasteiger charge is 2.63. The van der Waals surface area contributed by atoms with E-state index in [-0.39, 0.29) is 47.8 Å². The van der Waals surface area contributed by atoms with Crippen molar-refractivity contribution in [3.8, 4) is 5.75 Å². The fourth-order valence-corrected chi connectivity index (χ4v) is 6.65. The largest absolute Gasteiger partial charge is 0.510 e. The first-order valence-electron chi connectivity index (χ1n) is 12.2. The summed E-state index contributed by atoms with van der Waals surface area (Å²) in [5, 5.41) is 45.0. The predicted molar refractivity (Wildman–Crippen MR) is 148 cm³/mol. The van der Waals surface area contributed by atoms with Gasteiger partial charge in [0, 0.05) is 31.3 Å². The summed E-state index contributed by atoms with van der Waals surface area (Å²) in [5.41, 5.74) is 1.65. The van der Waals surface area contributed by atoms with Crippen LogP contribution < -0.4 is 15.4 Å². The number of carbonyl (C=O) groups is 3. The summed E-state index contributed by atoms with van der Waals surface area (Å²) < 4.78 is 26.8. The quantitative estimate of drug-likeness (QED) is 0.194. The first kappa shape index (κ1) is 31.2. The molecule has 13 nitrogen and oxygen atoms in total. The van der Waals surface area contributed by atoms with Crippen molar-refractivity contribution in [1.82, 2.24) is 4.90 Å². The Labute approximate surface area is 237 Å². The summed E-state index contributed by atoms with van der Waals surface area (Å²) in [5.74, 6) is -8.03. The molecule has 0 bridgehead atoms. The van der Waals surface area contributed by atoms with Crippen LogP contribution in [0.2, 0.25) is 0 Å². The van der Waals surface area contributed by atoms with Crippen LogP contribution in [-0.2, 0) is 26.0 Å². The van der Waals surface area contributed by atoms with Crippen LogP contribution in [0.3, 0.4) is 0 Å². The third-order valence-electron chi connectivity index (χ3n) is 7.83. The summed E-state index contributed by atoms with van der Waals surface area (Å²) in [4.78, 5) is 42.5. The molecule has 0 radical (unpaired) electrons. The second kappa shape index (κ2) is 10.3. The number of benzene rings is 1. The second-order valence-corrected chi connectivity index (χ2v) is 12.5. The third kappa shape index (κ3) is 4.39. The standard InChI is InChI=1S/C25H32N4O9S.ClH/c1-6-39(37,38)27-13-9-14(28(2)3)11-7-10-8-12-18(29(4)5)21(32)17(24(26)35)23(34)25(12,36)22(33)15(10)20(31)16(11)19(13)30;/h9-10,12,18,27,30,32-33,36H,6-8H2,1-5H3,(H2,26,35);1H/t10?,12?,18-,25?;/m0./s1. The average molecular weight is 601 g/mol. The molecule has 220 valence electrons. The number of halogens is 1. The highest BCUT2D eigenvalue weighted by molar-refractivity contribution is 7.92. The molecule has 3 aliphatic rings. The Hall–Kier alpha value is -3.33. The number of fused-ring (bicyclic) bond motifs is 3. The van der Waals surface area contributed by atoms with Gasteiger partial charge in [-0.1, -0.05) is 0 Å². The third-order valence-corrected chi connectivity index (χ3v) is 9.12. The molecular weight excluding hydrogens is 568 g/mol. The molecule has 1 amide bonds. The summed E-state index contributed by atoms with van der Waals surface area (Å²) >= 11 is 0. The van der Waals surface area contributed by atoms with Crippen LogP contribution in [0.5, 0.6) is 5.75 Å². The van der Waals surface area contributed by atoms with Crippen LogP contribution in [0, 0.1) is 11.8 Å². The SMILES string of the molecule is CCS(=O)(=O)Nc1cc(N(C)C)c2c(c1O)C(=O)C1=C(O)C3(O)C(=O)C(C(N)=O)=C(O)[C@@H](N(C)C)C3CC1C2.Cl. The highest BCUT2D eigenvalue weighted by Crippen LogP contribution is 2.54. The van der Waals surface area contributed by atoms with Crippen molar-refractivity contribution >= 4 is 51.3 Å². The molecule has 0 heterocycles. The van der Waals surface area contributed by atoms with E-state index in [4.69, 9.17) is 5.73 Å². The van der Waals surface area contributed by atoms with E-state index in [9.17, 15) is 43.2 Å². The molecule has 4 rings (SSSR count). The minimum absolute atomic E-state index is 0. The fourth-order valence-electron chi connectivity index (χ4n) is 6.02. The number of phenols is 1. The van der Waals surface area contributed by atoms with Crippen molar-refractivity contribution < 1.29 is 43.2 Å². The van der Waals surface area contributed by atoms with Gasteiger partial charge >= 0.3 is 0 Å². The van der Waals surface area contributed by atoms with Crippen molar-refractivity contribution in [1.29, 1.82) is 0 Å². The summed E-state index contributed by atoms with van der Waals surface area (Å²) in [6.07, 6.45) is 0.0278. The molecule has 3 aliphatic carbocycles. The van der Waals surface area contributed by atoms with Gasteiger partial charge in [-0.25, -0.2) is 8.42 Å². The van der Waals surface area contributed by atoms with Gasteiger partial charge in [0.25, 0.3) is 5.91 Å². The number of amides is 1. The number of nitrogens with one attached hydrogen (secondary N) is 1. The molecule has 3 unspecified atom stereocenters. The van der Waals surface area contributed by atoms with Crippen molar-refractivity contribution in [3.63, 3.8) is 0 Å². The molecule has 0 saturated heterocycles. The van der Waals surface area contributed by atoms with Gasteiger partial charge < -0.3 is 31.1 Å². The van der Waals surface area contributed by atoms with Gasteiger partial charge in [0.15, 0.2) is 17.1 Å². The molecule has 0 aliphatic heterocycles. The first-order chi connectivity index (χ1) is 18.0. The van der Waals surface area contributed by atoms with Gasteiger partial charge in [0.1, 0.15) is 17.1 Å². The summed E-state index contributed by atoms with van der Waals surface area (Å²) in [7, 11) is 2.60. The molecule has 1 aromatic carbocycles. The zero-order valence-electron chi connectivity index (χ0n) is 22.5. The van der Waals surface area contributed by atoms with Crippen LogP contribution in [0.1, 0.15) is 29.3 Å². The molecule has 40 heavy (non-hydrogen) atoms. The number of anilines is 2. The van der Waals surface area contributed by atoms with E-state index in [2.05, 4.69) is 4.72 Å². The van der Waals surface area contributed by atoms with Crippen molar-refractivity contribution in [3.05, 3.63) is 39.9 Å². The van der Waals surface area contributed by atoms with E-state index in [0.717, 1.165) is 0 Å². The molecule has 1 aromatic rings. The molecule has 7 N–H and O–H groups in total. The number of aromatic hydroxyl groups is 1. The van der Waals surface area contributed by atoms with Crippen LogP contribution in [0.4, 0.5) is 11.4 Å². The van der Waals surface area contributed by atoms with E-state index in [1.54, 1.807) is 33.1 Å². The lowest BCUT2D eigenvalue weighted by Crippen LogP contribution is -2.63. The molecule has 0 fully saturated rings. The van der Waals surface area contributed by atoms with E-state index < -0.39 is 73.8 Å². The maximum atomic E-state index is 13.9. The Morgan fingerprint density at radius 3 is 2.27 bits per heavy atom. The topological polar surface area (TPSA) is 211 Å². The number of phenolic OH excluding ortho intramolecular Hbond substituents is 1. The maximum Gasteiger partial charge on any atom is 0.255 e. The normalized spacial score (nSPS) is 26.1. The number of hydrogen-bond donors (Lipinski definition) is 6. The van der Waals surface area contributed by atoms with Gasteiger partial charge in [-0.2, -0.15) is 0 Å². The number of carbonyl (C=O) groups excluding carboxylic acids is 3. The lowest BCUT2D eigenvalue weighted by molar-refractivity contribution is -0.148. The molecule has 4 atom stereocenters. The Bertz CT molecular complexity index is 1490. The lowest BCUT2D eigenvalue weighted by Gasteiger charge is -2.50. The number of aliphatic hydroxyl groups excluding tert-OH is 2. The van der Waals surface area contributed by atoms with Gasteiger partial charge in [-0.3, -0.25) is 24.0 Å². The fraction of sp³-hybridized carbons (Fsp3) is 0.480. The Morgan fingerprint density at radius 2 is 1.77 bits per heavy atom. The second-order valence-electron chi connectivity index (χ2n) is 10.5. The number of nitrogens with two attached hydrogens (primary N) is 1. The van der Waals surface area contributed by atoms with Crippen molar-refractivity contribution in [2.75, 3.05) is 43.6 Å². The number of likely N-dealkylation sites (N-methyl/N-ethyl adjacent to an activating group) is 1. The monoisotopic (exact) mass is 600 g/mol. The van der Waals surface area contributed by atoms with Crippen molar-refractivity contribution in [2.24, 2.45) is 17.6 Å². The van der Waals surface area contributed by atoms with E-state index in [1.807, 2.05) is 0 Å². The van der Waals surface area contributed by atoms with Gasteiger partial charge in [0.2, 0.25) is 15.8 Å².